The number of hydrogen-bond acceptors (Lipinski definition) is 4. The Labute approximate surface area is 152 Å². The van der Waals surface area contributed by atoms with E-state index < -0.39 is 12.1 Å². The predicted octanol–water partition coefficient (Wildman–Crippen LogP) is 2.45. The summed E-state index contributed by atoms with van der Waals surface area (Å²) in [6, 6.07) is 11.1. The molecule has 0 heterocycles. The molecule has 1 amide bonds. The Hall–Kier alpha value is -3.43. The zero-order chi connectivity index (χ0) is 19.9. The summed E-state index contributed by atoms with van der Waals surface area (Å²) in [6.07, 6.45) is -4.83. The highest BCUT2D eigenvalue weighted by atomic mass is 19.4. The summed E-state index contributed by atoms with van der Waals surface area (Å²) < 4.78 is 41.0. The number of guanidine groups is 1. The van der Waals surface area contributed by atoms with E-state index in [0.29, 0.717) is 5.56 Å². The highest BCUT2D eigenvalue weighted by molar-refractivity contribution is 5.95. The number of halogens is 3. The molecule has 0 unspecified atom stereocenters. The largest absolute Gasteiger partial charge is 0.573 e. The SMILES string of the molecule is NC(=NCCNC(=O)c1ccc(O)cc1)Nc1ccccc1OC(F)(F)F. The van der Waals surface area contributed by atoms with Crippen molar-refractivity contribution < 1.29 is 27.8 Å². The van der Waals surface area contributed by atoms with E-state index in [2.05, 4.69) is 20.4 Å². The highest BCUT2D eigenvalue weighted by Crippen LogP contribution is 2.29. The van der Waals surface area contributed by atoms with E-state index in [1.807, 2.05) is 0 Å². The molecular formula is C17H17F3N4O3. The van der Waals surface area contributed by atoms with Crippen LogP contribution in [-0.2, 0) is 0 Å². The number of anilines is 1. The van der Waals surface area contributed by atoms with Crippen LogP contribution in [0.1, 0.15) is 10.4 Å². The molecule has 2 rings (SSSR count). The van der Waals surface area contributed by atoms with E-state index in [4.69, 9.17) is 5.73 Å². The minimum Gasteiger partial charge on any atom is -0.508 e. The molecule has 0 fully saturated rings. The summed E-state index contributed by atoms with van der Waals surface area (Å²) in [6.45, 7) is 0.258. The number of phenols is 1. The van der Waals surface area contributed by atoms with Gasteiger partial charge in [0.25, 0.3) is 5.91 Å². The first-order chi connectivity index (χ1) is 12.7. The minimum atomic E-state index is -4.83. The summed E-state index contributed by atoms with van der Waals surface area (Å²) in [5.41, 5.74) is 6.01. The molecule has 2 aromatic rings. The normalized spacial score (nSPS) is 11.7. The highest BCUT2D eigenvalue weighted by Gasteiger charge is 2.32. The predicted molar refractivity (Wildman–Crippen MR) is 93.7 cm³/mol. The zero-order valence-electron chi connectivity index (χ0n) is 14.0. The topological polar surface area (TPSA) is 109 Å². The van der Waals surface area contributed by atoms with Gasteiger partial charge in [0.1, 0.15) is 5.75 Å². The third-order valence-corrected chi connectivity index (χ3v) is 3.18. The van der Waals surface area contributed by atoms with Crippen molar-refractivity contribution in [1.29, 1.82) is 0 Å². The van der Waals surface area contributed by atoms with Crippen molar-refractivity contribution in [3.05, 3.63) is 54.1 Å². The first-order valence-electron chi connectivity index (χ1n) is 7.73. The van der Waals surface area contributed by atoms with Crippen molar-refractivity contribution in [3.63, 3.8) is 0 Å². The number of aromatic hydroxyl groups is 1. The van der Waals surface area contributed by atoms with Gasteiger partial charge >= 0.3 is 6.36 Å². The van der Waals surface area contributed by atoms with Crippen molar-refractivity contribution in [2.24, 2.45) is 10.7 Å². The molecule has 0 saturated heterocycles. The van der Waals surface area contributed by atoms with E-state index in [0.717, 1.165) is 6.07 Å². The van der Waals surface area contributed by atoms with Gasteiger partial charge in [0, 0.05) is 12.1 Å². The quantitative estimate of drug-likeness (QED) is 0.349. The Morgan fingerprint density at radius 3 is 2.48 bits per heavy atom. The Bertz CT molecular complexity index is 808. The van der Waals surface area contributed by atoms with Gasteiger partial charge in [0.05, 0.1) is 12.2 Å². The first-order valence-corrected chi connectivity index (χ1v) is 7.73. The first kappa shape index (κ1) is 19.9. The number of alkyl halides is 3. The maximum Gasteiger partial charge on any atom is 0.573 e. The van der Waals surface area contributed by atoms with Crippen LogP contribution < -0.4 is 21.1 Å². The van der Waals surface area contributed by atoms with E-state index in [9.17, 15) is 23.1 Å². The van der Waals surface area contributed by atoms with Crippen LogP contribution in [0.25, 0.3) is 0 Å². The molecule has 0 bridgehead atoms. The lowest BCUT2D eigenvalue weighted by Crippen LogP contribution is -2.28. The fourth-order valence-corrected chi connectivity index (χ4v) is 2.02. The van der Waals surface area contributed by atoms with E-state index >= 15 is 0 Å². The van der Waals surface area contributed by atoms with Gasteiger partial charge in [-0.2, -0.15) is 0 Å². The molecule has 27 heavy (non-hydrogen) atoms. The van der Waals surface area contributed by atoms with Gasteiger partial charge in [-0.15, -0.1) is 13.2 Å². The van der Waals surface area contributed by atoms with E-state index in [1.165, 1.54) is 42.5 Å². The number of para-hydroxylation sites is 2. The number of amides is 1. The second-order valence-corrected chi connectivity index (χ2v) is 5.24. The molecule has 0 atom stereocenters. The lowest BCUT2D eigenvalue weighted by atomic mass is 10.2. The summed E-state index contributed by atoms with van der Waals surface area (Å²) in [4.78, 5) is 15.8. The summed E-state index contributed by atoms with van der Waals surface area (Å²) >= 11 is 0. The van der Waals surface area contributed by atoms with Crippen molar-refractivity contribution in [3.8, 4) is 11.5 Å². The van der Waals surface area contributed by atoms with Crippen LogP contribution in [0.15, 0.2) is 53.5 Å². The van der Waals surface area contributed by atoms with Gasteiger partial charge in [-0.3, -0.25) is 9.79 Å². The molecule has 0 radical (unpaired) electrons. The van der Waals surface area contributed by atoms with Crippen LogP contribution in [0.2, 0.25) is 0 Å². The molecule has 0 aliphatic heterocycles. The molecule has 7 nitrogen and oxygen atoms in total. The zero-order valence-corrected chi connectivity index (χ0v) is 14.0. The van der Waals surface area contributed by atoms with Gasteiger partial charge < -0.3 is 26.2 Å². The van der Waals surface area contributed by atoms with Crippen molar-refractivity contribution in [2.75, 3.05) is 18.4 Å². The number of nitrogens with two attached hydrogens (primary N) is 1. The third kappa shape index (κ3) is 6.77. The number of ether oxygens (including phenoxy) is 1. The second-order valence-electron chi connectivity index (χ2n) is 5.24. The number of nitrogens with zero attached hydrogens (tertiary/aromatic N) is 1. The van der Waals surface area contributed by atoms with Crippen LogP contribution in [0.3, 0.4) is 0 Å². The molecule has 0 aromatic heterocycles. The number of aliphatic imine (C=N–C) groups is 1. The minimum absolute atomic E-state index is 0.00389. The van der Waals surface area contributed by atoms with Crippen LogP contribution >= 0.6 is 0 Å². The standard InChI is InChI=1S/C17H17F3N4O3/c18-17(19,20)27-14-4-2-1-3-13(14)24-16(21)23-10-9-22-15(26)11-5-7-12(25)8-6-11/h1-8,25H,9-10H2,(H,22,26)(H3,21,23,24). The molecule has 0 aliphatic carbocycles. The maximum atomic E-state index is 12.4. The number of carbonyl (C=O) groups is 1. The van der Waals surface area contributed by atoms with Crippen LogP contribution in [0, 0.1) is 0 Å². The van der Waals surface area contributed by atoms with Gasteiger partial charge in [-0.25, -0.2) is 0 Å². The average molecular weight is 382 g/mol. The molecule has 144 valence electrons. The summed E-state index contributed by atoms with van der Waals surface area (Å²) in [5.74, 6) is -0.888. The Balaban J connectivity index is 1.86. The van der Waals surface area contributed by atoms with Gasteiger partial charge in [-0.05, 0) is 36.4 Å². The van der Waals surface area contributed by atoms with Crippen molar-refractivity contribution in [2.45, 2.75) is 6.36 Å². The van der Waals surface area contributed by atoms with Crippen LogP contribution in [-0.4, -0.2) is 36.4 Å². The van der Waals surface area contributed by atoms with Gasteiger partial charge in [0.15, 0.2) is 11.7 Å². The molecule has 0 aliphatic rings. The Morgan fingerprint density at radius 1 is 1.15 bits per heavy atom. The summed E-state index contributed by atoms with van der Waals surface area (Å²) in [5, 5.41) is 14.3. The third-order valence-electron chi connectivity index (χ3n) is 3.18. The molecular weight excluding hydrogens is 365 g/mol. The van der Waals surface area contributed by atoms with E-state index in [1.54, 1.807) is 0 Å². The number of rotatable bonds is 6. The number of benzene rings is 2. The molecule has 2 aromatic carbocycles. The maximum absolute atomic E-state index is 12.4. The molecule has 0 spiro atoms. The molecule has 5 N–H and O–H groups in total. The fourth-order valence-electron chi connectivity index (χ4n) is 2.02. The Morgan fingerprint density at radius 2 is 1.81 bits per heavy atom. The smallest absolute Gasteiger partial charge is 0.508 e. The monoisotopic (exact) mass is 382 g/mol. The Kier molecular flexibility index (Phi) is 6.47. The number of phenolic OH excluding ortho intramolecular Hbond substituents is 1. The number of carbonyl (C=O) groups excluding carboxylic acids is 1. The average Bonchev–Trinajstić information content (AvgIpc) is 2.59. The lowest BCUT2D eigenvalue weighted by Gasteiger charge is -2.14. The second kappa shape index (κ2) is 8.79. The van der Waals surface area contributed by atoms with E-state index in [-0.39, 0.29) is 36.4 Å². The fraction of sp³-hybridized carbons (Fsp3) is 0.176. The van der Waals surface area contributed by atoms with Crippen molar-refractivity contribution >= 4 is 17.6 Å². The summed E-state index contributed by atoms with van der Waals surface area (Å²) in [7, 11) is 0. The van der Waals surface area contributed by atoms with Gasteiger partial charge in [0.2, 0.25) is 0 Å². The number of hydrogen-bond donors (Lipinski definition) is 4. The molecule has 0 saturated carbocycles. The van der Waals surface area contributed by atoms with Gasteiger partial charge in [-0.1, -0.05) is 12.1 Å². The van der Waals surface area contributed by atoms with Crippen LogP contribution in [0.4, 0.5) is 18.9 Å². The number of nitrogens with one attached hydrogen (secondary N) is 2. The van der Waals surface area contributed by atoms with Crippen molar-refractivity contribution in [1.82, 2.24) is 5.32 Å². The van der Waals surface area contributed by atoms with Crippen LogP contribution in [0.5, 0.6) is 11.5 Å². The molecule has 10 heteroatoms. The lowest BCUT2D eigenvalue weighted by molar-refractivity contribution is -0.274.